The summed E-state index contributed by atoms with van der Waals surface area (Å²) in [6, 6.07) is 11.5. The third kappa shape index (κ3) is 4.66. The number of hydrogen-bond acceptors (Lipinski definition) is 6. The van der Waals surface area contributed by atoms with E-state index < -0.39 is 5.82 Å². The second kappa shape index (κ2) is 10.4. The average molecular weight is 489 g/mol. The van der Waals surface area contributed by atoms with Gasteiger partial charge in [-0.1, -0.05) is 0 Å². The first-order chi connectivity index (χ1) is 17.6. The molecule has 0 amide bonds. The standard InChI is InChI=1S/C28H30F2N6/c29-23-16-20(18-32)6-8-22(23)28-33-25(27(10-11-31)35-14-2-1-3-15-35)19-36(28)26-9-7-21(17-24(26)30)34-12-4-5-13-34/h6-11,16-17H,1-5,12-15,19,31H2/b11-10-,27-25-. The van der Waals surface area contributed by atoms with Crippen LogP contribution in [0.2, 0.25) is 0 Å². The van der Waals surface area contributed by atoms with Crippen molar-refractivity contribution in [3.63, 3.8) is 0 Å². The van der Waals surface area contributed by atoms with E-state index in [0.29, 0.717) is 17.2 Å². The van der Waals surface area contributed by atoms with E-state index in [9.17, 15) is 5.26 Å². The molecule has 3 aliphatic rings. The molecule has 36 heavy (non-hydrogen) atoms. The fourth-order valence-corrected chi connectivity index (χ4v) is 5.25. The Balaban J connectivity index is 1.59. The van der Waals surface area contributed by atoms with Crippen LogP contribution in [0.1, 0.15) is 43.2 Å². The number of rotatable bonds is 5. The molecule has 0 spiro atoms. The van der Waals surface area contributed by atoms with Crippen molar-refractivity contribution in [3.05, 3.63) is 82.8 Å². The first-order valence-corrected chi connectivity index (χ1v) is 12.6. The van der Waals surface area contributed by atoms with E-state index in [1.165, 1.54) is 18.7 Å². The molecule has 0 bridgehead atoms. The molecule has 0 saturated carbocycles. The van der Waals surface area contributed by atoms with Gasteiger partial charge in [0, 0.05) is 31.9 Å². The van der Waals surface area contributed by atoms with Crippen LogP contribution >= 0.6 is 0 Å². The second-order valence-corrected chi connectivity index (χ2v) is 9.40. The Morgan fingerprint density at radius 3 is 2.36 bits per heavy atom. The lowest BCUT2D eigenvalue weighted by Crippen LogP contribution is -2.32. The summed E-state index contributed by atoms with van der Waals surface area (Å²) in [5.41, 5.74) is 9.01. The fourth-order valence-electron chi connectivity index (χ4n) is 5.25. The van der Waals surface area contributed by atoms with E-state index in [0.717, 1.165) is 63.2 Å². The van der Waals surface area contributed by atoms with Crippen LogP contribution in [0.3, 0.4) is 0 Å². The van der Waals surface area contributed by atoms with Crippen molar-refractivity contribution in [1.82, 2.24) is 4.90 Å². The maximum absolute atomic E-state index is 15.6. The van der Waals surface area contributed by atoms with Gasteiger partial charge in [0.05, 0.1) is 40.8 Å². The largest absolute Gasteiger partial charge is 0.405 e. The highest BCUT2D eigenvalue weighted by Gasteiger charge is 2.31. The highest BCUT2D eigenvalue weighted by Crippen LogP contribution is 2.34. The zero-order valence-corrected chi connectivity index (χ0v) is 20.3. The third-order valence-corrected chi connectivity index (χ3v) is 7.08. The molecule has 186 valence electrons. The van der Waals surface area contributed by atoms with Crippen molar-refractivity contribution in [1.29, 1.82) is 5.26 Å². The molecule has 5 rings (SSSR count). The van der Waals surface area contributed by atoms with Crippen molar-refractivity contribution in [2.45, 2.75) is 32.1 Å². The molecule has 2 N–H and O–H groups in total. The van der Waals surface area contributed by atoms with Crippen LogP contribution in [0.15, 0.2) is 65.1 Å². The highest BCUT2D eigenvalue weighted by molar-refractivity contribution is 6.12. The molecular formula is C28H30F2N6. The van der Waals surface area contributed by atoms with Crippen LogP contribution in [-0.4, -0.2) is 43.5 Å². The number of allylic oxidation sites excluding steroid dienone is 1. The smallest absolute Gasteiger partial charge is 0.148 e. The van der Waals surface area contributed by atoms with Gasteiger partial charge in [-0.2, -0.15) is 5.26 Å². The minimum atomic E-state index is -0.568. The Labute approximate surface area is 210 Å². The summed E-state index contributed by atoms with van der Waals surface area (Å²) in [4.78, 5) is 11.0. The molecule has 2 fully saturated rings. The summed E-state index contributed by atoms with van der Waals surface area (Å²) >= 11 is 0. The van der Waals surface area contributed by atoms with Crippen molar-refractivity contribution in [2.75, 3.05) is 42.5 Å². The van der Waals surface area contributed by atoms with Crippen LogP contribution in [0, 0.1) is 23.0 Å². The number of anilines is 2. The van der Waals surface area contributed by atoms with E-state index in [2.05, 4.69) is 9.80 Å². The number of amidine groups is 1. The van der Waals surface area contributed by atoms with Crippen LogP contribution < -0.4 is 15.5 Å². The zero-order chi connectivity index (χ0) is 25.1. The number of hydrogen-bond donors (Lipinski definition) is 1. The van der Waals surface area contributed by atoms with Crippen molar-refractivity contribution >= 4 is 17.2 Å². The third-order valence-electron chi connectivity index (χ3n) is 7.08. The molecule has 2 aromatic rings. The van der Waals surface area contributed by atoms with Crippen molar-refractivity contribution in [3.8, 4) is 6.07 Å². The molecule has 0 atom stereocenters. The Morgan fingerprint density at radius 1 is 0.944 bits per heavy atom. The summed E-state index contributed by atoms with van der Waals surface area (Å²) in [5, 5.41) is 9.18. The number of piperidine rings is 1. The van der Waals surface area contributed by atoms with Gasteiger partial charge in [0.15, 0.2) is 0 Å². The molecule has 0 radical (unpaired) electrons. The lowest BCUT2D eigenvalue weighted by atomic mass is 10.1. The lowest BCUT2D eigenvalue weighted by molar-refractivity contribution is 0.290. The van der Waals surface area contributed by atoms with Gasteiger partial charge in [0.25, 0.3) is 0 Å². The molecule has 8 heteroatoms. The summed E-state index contributed by atoms with van der Waals surface area (Å²) in [5.74, 6) is -0.627. The molecule has 0 aromatic heterocycles. The van der Waals surface area contributed by atoms with Crippen LogP contribution in [0.4, 0.5) is 20.2 Å². The van der Waals surface area contributed by atoms with E-state index in [4.69, 9.17) is 10.7 Å². The number of likely N-dealkylation sites (tertiary alicyclic amines) is 1. The SMILES string of the molecule is N#Cc1ccc(C2=N/C(=C(/C=C\N)N3CCCCC3)CN2c2ccc(N3CCCC3)cc2F)c(F)c1. The topological polar surface area (TPSA) is 71.9 Å². The number of nitrogens with zero attached hydrogens (tertiary/aromatic N) is 5. The Bertz CT molecular complexity index is 1260. The van der Waals surface area contributed by atoms with E-state index >= 15 is 8.78 Å². The first-order valence-electron chi connectivity index (χ1n) is 12.6. The molecule has 3 heterocycles. The molecule has 0 aliphatic carbocycles. The normalized spacial score (nSPS) is 19.7. The van der Waals surface area contributed by atoms with E-state index in [1.807, 2.05) is 18.2 Å². The average Bonchev–Trinajstić information content (AvgIpc) is 3.58. The van der Waals surface area contributed by atoms with Gasteiger partial charge in [-0.05, 0) is 80.8 Å². The summed E-state index contributed by atoms with van der Waals surface area (Å²) in [7, 11) is 0. The van der Waals surface area contributed by atoms with Gasteiger partial charge < -0.3 is 20.4 Å². The van der Waals surface area contributed by atoms with Crippen molar-refractivity contribution in [2.24, 2.45) is 10.7 Å². The predicted octanol–water partition coefficient (Wildman–Crippen LogP) is 4.87. The summed E-state index contributed by atoms with van der Waals surface area (Å²) < 4.78 is 30.7. The number of nitriles is 1. The number of aliphatic imine (C=N–C) groups is 1. The molecule has 2 aromatic carbocycles. The molecule has 2 saturated heterocycles. The Morgan fingerprint density at radius 2 is 1.69 bits per heavy atom. The van der Waals surface area contributed by atoms with E-state index in [1.54, 1.807) is 29.2 Å². The van der Waals surface area contributed by atoms with Gasteiger partial charge in [-0.25, -0.2) is 13.8 Å². The van der Waals surface area contributed by atoms with Gasteiger partial charge in [-0.3, -0.25) is 0 Å². The summed E-state index contributed by atoms with van der Waals surface area (Å²) in [6.07, 6.45) is 8.85. The molecule has 6 nitrogen and oxygen atoms in total. The fraction of sp³-hybridized carbons (Fsp3) is 0.357. The minimum Gasteiger partial charge on any atom is -0.405 e. The summed E-state index contributed by atoms with van der Waals surface area (Å²) in [6.45, 7) is 3.90. The van der Waals surface area contributed by atoms with Gasteiger partial charge in [0.1, 0.15) is 17.5 Å². The quantitative estimate of drug-likeness (QED) is 0.650. The van der Waals surface area contributed by atoms with Crippen molar-refractivity contribution < 1.29 is 8.78 Å². The van der Waals surface area contributed by atoms with E-state index in [-0.39, 0.29) is 23.5 Å². The van der Waals surface area contributed by atoms with Crippen LogP contribution in [-0.2, 0) is 0 Å². The molecule has 0 unspecified atom stereocenters. The zero-order valence-electron chi connectivity index (χ0n) is 20.3. The maximum Gasteiger partial charge on any atom is 0.148 e. The van der Waals surface area contributed by atoms with Gasteiger partial charge in [-0.15, -0.1) is 0 Å². The maximum atomic E-state index is 15.6. The van der Waals surface area contributed by atoms with Gasteiger partial charge >= 0.3 is 0 Å². The molecule has 3 aliphatic heterocycles. The molecular weight excluding hydrogens is 458 g/mol. The lowest BCUT2D eigenvalue weighted by Gasteiger charge is -2.30. The predicted molar refractivity (Wildman–Crippen MR) is 139 cm³/mol. The van der Waals surface area contributed by atoms with Crippen LogP contribution in [0.25, 0.3) is 0 Å². The van der Waals surface area contributed by atoms with Gasteiger partial charge in [0.2, 0.25) is 0 Å². The number of benzene rings is 2. The number of halogens is 2. The first kappa shape index (κ1) is 23.9. The monoisotopic (exact) mass is 488 g/mol. The second-order valence-electron chi connectivity index (χ2n) is 9.40. The number of nitrogens with two attached hydrogens (primary N) is 1. The minimum absolute atomic E-state index is 0.221. The highest BCUT2D eigenvalue weighted by atomic mass is 19.1. The Kier molecular flexibility index (Phi) is 6.90. The Hall–Kier alpha value is -3.86. The van der Waals surface area contributed by atoms with Crippen LogP contribution in [0.5, 0.6) is 0 Å².